The number of aryl methyl sites for hydroxylation is 1. The highest BCUT2D eigenvalue weighted by molar-refractivity contribution is 5.61. The highest BCUT2D eigenvalue weighted by Crippen LogP contribution is 2.34. The summed E-state index contributed by atoms with van der Waals surface area (Å²) in [5.74, 6) is -0.702. The third-order valence-electron chi connectivity index (χ3n) is 6.88. The molecule has 1 aromatic carbocycles. The third-order valence-corrected chi connectivity index (χ3v) is 6.88. The molecule has 2 saturated heterocycles. The first-order valence-corrected chi connectivity index (χ1v) is 11.5. The van der Waals surface area contributed by atoms with Gasteiger partial charge in [-0.3, -0.25) is 4.79 Å². The van der Waals surface area contributed by atoms with Crippen molar-refractivity contribution in [3.05, 3.63) is 63.2 Å². The molecule has 0 radical (unpaired) electrons. The number of nitrogens with zero attached hydrogens (tertiary/aromatic N) is 3. The predicted octanol–water partition coefficient (Wildman–Crippen LogP) is 4.34. The van der Waals surface area contributed by atoms with Crippen molar-refractivity contribution in [2.24, 2.45) is 5.92 Å². The fourth-order valence-corrected chi connectivity index (χ4v) is 4.89. The van der Waals surface area contributed by atoms with Crippen LogP contribution >= 0.6 is 0 Å². The quantitative estimate of drug-likeness (QED) is 0.586. The fraction of sp³-hybridized carbons (Fsp3) is 0.480. The summed E-state index contributed by atoms with van der Waals surface area (Å²) in [6.45, 7) is 5.66. The Kier molecular flexibility index (Phi) is 5.97. The molecule has 2 aliphatic heterocycles. The van der Waals surface area contributed by atoms with Gasteiger partial charge in [0.1, 0.15) is 17.3 Å². The van der Waals surface area contributed by atoms with Crippen molar-refractivity contribution in [2.45, 2.75) is 51.6 Å². The highest BCUT2D eigenvalue weighted by Gasteiger charge is 2.30. The summed E-state index contributed by atoms with van der Waals surface area (Å²) in [6, 6.07) is 5.13. The Morgan fingerprint density at radius 1 is 1.12 bits per heavy atom. The Bertz CT molecular complexity index is 1250. The van der Waals surface area contributed by atoms with Crippen molar-refractivity contribution in [3.63, 3.8) is 0 Å². The maximum Gasteiger partial charge on any atom is 0.262 e. The molecule has 2 aliphatic rings. The number of halogens is 2. The number of fused-ring (bicyclic) bond motifs is 1. The minimum Gasteiger partial charge on any atom is -0.381 e. The number of benzene rings is 1. The molecule has 1 unspecified atom stereocenters. The van der Waals surface area contributed by atoms with Crippen LogP contribution in [0.3, 0.4) is 0 Å². The van der Waals surface area contributed by atoms with Crippen LogP contribution < -0.4 is 5.56 Å². The van der Waals surface area contributed by atoms with Crippen LogP contribution in [0, 0.1) is 31.4 Å². The van der Waals surface area contributed by atoms with E-state index in [9.17, 15) is 13.6 Å². The van der Waals surface area contributed by atoms with Gasteiger partial charge in [0.2, 0.25) is 0 Å². The Labute approximate surface area is 190 Å². The van der Waals surface area contributed by atoms with E-state index >= 15 is 0 Å². The monoisotopic (exact) mass is 455 g/mol. The third kappa shape index (κ3) is 4.29. The molecule has 8 heteroatoms. The molecule has 0 aliphatic carbocycles. The van der Waals surface area contributed by atoms with Gasteiger partial charge in [-0.15, -0.1) is 0 Å². The molecule has 0 bridgehead atoms. The molecule has 2 fully saturated rings. The van der Waals surface area contributed by atoms with E-state index in [4.69, 9.17) is 14.5 Å². The van der Waals surface area contributed by atoms with Gasteiger partial charge in [0.15, 0.2) is 5.82 Å². The molecule has 0 N–H and O–H groups in total. The summed E-state index contributed by atoms with van der Waals surface area (Å²) in [5.41, 5.74) is 2.02. The molecule has 0 spiro atoms. The van der Waals surface area contributed by atoms with Crippen molar-refractivity contribution in [3.8, 4) is 11.4 Å². The minimum atomic E-state index is -0.767. The van der Waals surface area contributed by atoms with Crippen LogP contribution in [0.5, 0.6) is 0 Å². The van der Waals surface area contributed by atoms with Gasteiger partial charge in [0, 0.05) is 54.8 Å². The first-order chi connectivity index (χ1) is 15.9. The normalized spacial score (nSPS) is 23.3. The van der Waals surface area contributed by atoms with Gasteiger partial charge in [-0.2, -0.15) is 0 Å². The molecular formula is C25H27F2N3O3. The molecule has 5 rings (SSSR count). The maximum absolute atomic E-state index is 14.8. The van der Waals surface area contributed by atoms with Crippen molar-refractivity contribution in [1.29, 1.82) is 0 Å². The molecular weight excluding hydrogens is 428 g/mol. The number of hydrogen-bond donors (Lipinski definition) is 0. The average Bonchev–Trinajstić information content (AvgIpc) is 3.30. The number of hydrogen-bond acceptors (Lipinski definition) is 5. The predicted molar refractivity (Wildman–Crippen MR) is 119 cm³/mol. The van der Waals surface area contributed by atoms with Crippen LogP contribution in [0.25, 0.3) is 17.0 Å². The summed E-state index contributed by atoms with van der Waals surface area (Å²) in [7, 11) is 0. The molecule has 0 amide bonds. The number of ether oxygens (including phenoxy) is 2. The largest absolute Gasteiger partial charge is 0.381 e. The van der Waals surface area contributed by atoms with Crippen molar-refractivity contribution in [2.75, 3.05) is 19.8 Å². The van der Waals surface area contributed by atoms with E-state index in [0.29, 0.717) is 29.4 Å². The molecule has 3 atom stereocenters. The van der Waals surface area contributed by atoms with Crippen LogP contribution in [0.1, 0.15) is 48.6 Å². The molecule has 33 heavy (non-hydrogen) atoms. The Morgan fingerprint density at radius 3 is 2.73 bits per heavy atom. The Balaban J connectivity index is 1.59. The van der Waals surface area contributed by atoms with E-state index in [1.165, 1.54) is 16.5 Å². The summed E-state index contributed by atoms with van der Waals surface area (Å²) < 4.78 is 41.2. The first-order valence-electron chi connectivity index (χ1n) is 11.5. The topological polar surface area (TPSA) is 65.7 Å². The average molecular weight is 456 g/mol. The van der Waals surface area contributed by atoms with Crippen LogP contribution in [-0.2, 0) is 9.47 Å². The number of rotatable bonds is 4. The SMILES string of the molecule is Cc1nc2cc(C3CCO[C@H](C[C@H]4CCOC4)C3)nc(-c3ccc(F)cc3F)n2c(=O)c1C. The van der Waals surface area contributed by atoms with Crippen LogP contribution in [0.2, 0.25) is 0 Å². The van der Waals surface area contributed by atoms with Crippen molar-refractivity contribution in [1.82, 2.24) is 14.4 Å². The van der Waals surface area contributed by atoms with E-state index < -0.39 is 11.6 Å². The molecule has 3 aromatic rings. The number of aromatic nitrogens is 3. The second-order valence-electron chi connectivity index (χ2n) is 9.13. The van der Waals surface area contributed by atoms with Gasteiger partial charge < -0.3 is 9.47 Å². The highest BCUT2D eigenvalue weighted by atomic mass is 19.1. The summed E-state index contributed by atoms with van der Waals surface area (Å²) >= 11 is 0. The van der Waals surface area contributed by atoms with Crippen LogP contribution in [0.4, 0.5) is 8.78 Å². The zero-order valence-electron chi connectivity index (χ0n) is 18.8. The summed E-state index contributed by atoms with van der Waals surface area (Å²) in [6.07, 6.45) is 3.67. The van der Waals surface area contributed by atoms with Gasteiger partial charge in [0.25, 0.3) is 5.56 Å². The van der Waals surface area contributed by atoms with E-state index in [2.05, 4.69) is 4.98 Å². The lowest BCUT2D eigenvalue weighted by Gasteiger charge is -2.31. The molecule has 0 saturated carbocycles. The minimum absolute atomic E-state index is 0.0714. The van der Waals surface area contributed by atoms with E-state index in [-0.39, 0.29) is 29.0 Å². The zero-order chi connectivity index (χ0) is 23.1. The summed E-state index contributed by atoms with van der Waals surface area (Å²) in [5, 5.41) is 0. The van der Waals surface area contributed by atoms with Crippen molar-refractivity contribution >= 4 is 5.65 Å². The molecule has 174 valence electrons. The fourth-order valence-electron chi connectivity index (χ4n) is 4.89. The van der Waals surface area contributed by atoms with Gasteiger partial charge in [-0.25, -0.2) is 23.1 Å². The molecule has 6 nitrogen and oxygen atoms in total. The Morgan fingerprint density at radius 2 is 1.97 bits per heavy atom. The smallest absolute Gasteiger partial charge is 0.262 e. The summed E-state index contributed by atoms with van der Waals surface area (Å²) in [4.78, 5) is 22.5. The lowest BCUT2D eigenvalue weighted by Crippen LogP contribution is -2.28. The second-order valence-corrected chi connectivity index (χ2v) is 9.13. The van der Waals surface area contributed by atoms with Gasteiger partial charge >= 0.3 is 0 Å². The van der Waals surface area contributed by atoms with Crippen LogP contribution in [0.15, 0.2) is 29.1 Å². The zero-order valence-corrected chi connectivity index (χ0v) is 18.8. The standard InChI is InChI=1S/C25H27F2N3O3/c1-14-15(2)28-23-12-22(17-6-8-33-19(10-17)9-16-5-7-32-13-16)29-24(30(23)25(14)31)20-4-3-18(26)11-21(20)27/h3-4,11-12,16-17,19H,5-10,13H2,1-2H3/t16-,17?,19-/m1/s1. The lowest BCUT2D eigenvalue weighted by atomic mass is 9.88. The van der Waals surface area contributed by atoms with Gasteiger partial charge in [-0.05, 0) is 57.6 Å². The molecule has 2 aromatic heterocycles. The van der Waals surface area contributed by atoms with E-state index in [1.807, 2.05) is 6.07 Å². The Hall–Kier alpha value is -2.71. The van der Waals surface area contributed by atoms with Gasteiger partial charge in [-0.1, -0.05) is 0 Å². The molecule has 4 heterocycles. The van der Waals surface area contributed by atoms with Crippen LogP contribution in [-0.4, -0.2) is 40.3 Å². The van der Waals surface area contributed by atoms with Gasteiger partial charge in [0.05, 0.1) is 11.7 Å². The van der Waals surface area contributed by atoms with E-state index in [0.717, 1.165) is 50.7 Å². The first kappa shape index (κ1) is 22.1. The second kappa shape index (κ2) is 8.91. The van der Waals surface area contributed by atoms with E-state index in [1.54, 1.807) is 13.8 Å². The maximum atomic E-state index is 14.8. The lowest BCUT2D eigenvalue weighted by molar-refractivity contribution is -0.00859. The van der Waals surface area contributed by atoms with Crippen molar-refractivity contribution < 1.29 is 18.3 Å².